The van der Waals surface area contributed by atoms with E-state index in [0.717, 1.165) is 16.9 Å². The number of para-hydroxylation sites is 2. The number of carbonyl (C=O) groups is 2. The van der Waals surface area contributed by atoms with E-state index >= 15 is 0 Å². The third-order valence-electron chi connectivity index (χ3n) is 4.02. The second-order valence-electron chi connectivity index (χ2n) is 5.55. The number of nitrogens with zero attached hydrogens (tertiary/aromatic N) is 2. The number of benzene rings is 2. The van der Waals surface area contributed by atoms with Crippen molar-refractivity contribution in [2.75, 3.05) is 23.4 Å². The van der Waals surface area contributed by atoms with Crippen LogP contribution in [0.15, 0.2) is 48.5 Å². The van der Waals surface area contributed by atoms with Crippen LogP contribution in [0.25, 0.3) is 0 Å². The van der Waals surface area contributed by atoms with Crippen molar-refractivity contribution in [3.8, 4) is 0 Å². The van der Waals surface area contributed by atoms with Crippen molar-refractivity contribution in [2.24, 2.45) is 0 Å². The molecule has 0 aromatic heterocycles. The zero-order valence-electron chi connectivity index (χ0n) is 12.8. The molecule has 1 aliphatic heterocycles. The summed E-state index contributed by atoms with van der Waals surface area (Å²) in [6.07, 6.45) is 0.675. The number of hydrogen-bond donors (Lipinski definition) is 0. The van der Waals surface area contributed by atoms with Crippen LogP contribution in [0.3, 0.4) is 0 Å². The lowest BCUT2D eigenvalue weighted by molar-refractivity contribution is -0.122. The Morgan fingerprint density at radius 3 is 2.61 bits per heavy atom. The molecular weight excluding hydrogens is 295 g/mol. The van der Waals surface area contributed by atoms with Gasteiger partial charge in [-0.2, -0.15) is 0 Å². The fraction of sp³-hybridized carbons (Fsp3) is 0.222. The second-order valence-corrected chi connectivity index (χ2v) is 5.55. The van der Waals surface area contributed by atoms with Gasteiger partial charge in [-0.05, 0) is 36.2 Å². The van der Waals surface area contributed by atoms with Gasteiger partial charge >= 0.3 is 0 Å². The van der Waals surface area contributed by atoms with Gasteiger partial charge in [0.05, 0.1) is 11.4 Å². The van der Waals surface area contributed by atoms with E-state index < -0.39 is 0 Å². The fourth-order valence-corrected chi connectivity index (χ4v) is 2.74. The lowest BCUT2D eigenvalue weighted by atomic mass is 10.1. The Balaban J connectivity index is 1.77. The van der Waals surface area contributed by atoms with Gasteiger partial charge in [-0.15, -0.1) is 0 Å². The Morgan fingerprint density at radius 2 is 1.87 bits per heavy atom. The van der Waals surface area contributed by atoms with Crippen LogP contribution in [0.4, 0.5) is 15.8 Å². The van der Waals surface area contributed by atoms with Crippen LogP contribution in [0, 0.1) is 5.82 Å². The minimum absolute atomic E-state index is 0.0372. The van der Waals surface area contributed by atoms with Gasteiger partial charge in [0.25, 0.3) is 0 Å². The zero-order valence-corrected chi connectivity index (χ0v) is 12.8. The highest BCUT2D eigenvalue weighted by atomic mass is 19.1. The molecule has 0 bridgehead atoms. The standard InChI is InChI=1S/C18H17FN2O2/c1-20-15-7-2-3-8-16(15)21(12-18(20)23)17(22)10-9-13-5-4-6-14(19)11-13/h2-8,11H,9-10,12H2,1H3. The maximum Gasteiger partial charge on any atom is 0.246 e. The molecule has 0 atom stereocenters. The maximum atomic E-state index is 13.2. The number of aryl methyl sites for hydroxylation is 1. The van der Waals surface area contributed by atoms with E-state index in [1.165, 1.54) is 17.0 Å². The van der Waals surface area contributed by atoms with Crippen molar-refractivity contribution in [2.45, 2.75) is 12.8 Å². The van der Waals surface area contributed by atoms with Crippen molar-refractivity contribution in [3.05, 3.63) is 59.9 Å². The average molecular weight is 312 g/mol. The number of rotatable bonds is 3. The van der Waals surface area contributed by atoms with Gasteiger partial charge in [0, 0.05) is 13.5 Å². The summed E-state index contributed by atoms with van der Waals surface area (Å²) < 4.78 is 13.2. The molecule has 118 valence electrons. The van der Waals surface area contributed by atoms with E-state index in [-0.39, 0.29) is 30.6 Å². The molecule has 3 rings (SSSR count). The average Bonchev–Trinajstić information content (AvgIpc) is 2.56. The van der Waals surface area contributed by atoms with Crippen molar-refractivity contribution in [1.29, 1.82) is 0 Å². The van der Waals surface area contributed by atoms with Gasteiger partial charge in [-0.1, -0.05) is 24.3 Å². The van der Waals surface area contributed by atoms with Crippen LogP contribution in [0.1, 0.15) is 12.0 Å². The minimum Gasteiger partial charge on any atom is -0.312 e. The molecule has 2 amide bonds. The fourth-order valence-electron chi connectivity index (χ4n) is 2.74. The summed E-state index contributed by atoms with van der Waals surface area (Å²) in [5, 5.41) is 0. The Morgan fingerprint density at radius 1 is 1.13 bits per heavy atom. The van der Waals surface area contributed by atoms with Crippen LogP contribution in [-0.4, -0.2) is 25.4 Å². The van der Waals surface area contributed by atoms with Gasteiger partial charge in [0.15, 0.2) is 0 Å². The summed E-state index contributed by atoms with van der Waals surface area (Å²) in [7, 11) is 1.70. The molecule has 1 heterocycles. The number of likely N-dealkylation sites (N-methyl/N-ethyl adjacent to an activating group) is 1. The van der Waals surface area contributed by atoms with Gasteiger partial charge in [0.2, 0.25) is 11.8 Å². The number of anilines is 2. The van der Waals surface area contributed by atoms with Crippen LogP contribution >= 0.6 is 0 Å². The van der Waals surface area contributed by atoms with Crippen LogP contribution in [0.5, 0.6) is 0 Å². The predicted octanol–water partition coefficient (Wildman–Crippen LogP) is 2.77. The molecule has 4 nitrogen and oxygen atoms in total. The summed E-state index contributed by atoms with van der Waals surface area (Å²) in [4.78, 5) is 27.7. The molecule has 0 fully saturated rings. The molecule has 0 radical (unpaired) electrons. The number of carbonyl (C=O) groups excluding carboxylic acids is 2. The first kappa shape index (κ1) is 15.2. The van der Waals surface area contributed by atoms with Gasteiger partial charge in [0.1, 0.15) is 12.4 Å². The Bertz CT molecular complexity index is 760. The third-order valence-corrected chi connectivity index (χ3v) is 4.02. The van der Waals surface area contributed by atoms with E-state index in [9.17, 15) is 14.0 Å². The molecule has 5 heteroatoms. The molecular formula is C18H17FN2O2. The SMILES string of the molecule is CN1C(=O)CN(C(=O)CCc2cccc(F)c2)c2ccccc21. The lowest BCUT2D eigenvalue weighted by Gasteiger charge is -2.34. The summed E-state index contributed by atoms with van der Waals surface area (Å²) in [5.74, 6) is -0.568. The first-order chi connectivity index (χ1) is 11.1. The molecule has 0 aliphatic carbocycles. The van der Waals surface area contributed by atoms with Gasteiger partial charge in [-0.25, -0.2) is 4.39 Å². The highest BCUT2D eigenvalue weighted by Crippen LogP contribution is 2.32. The summed E-state index contributed by atoms with van der Waals surface area (Å²) in [5.41, 5.74) is 2.23. The molecule has 1 aliphatic rings. The normalized spacial score (nSPS) is 13.9. The number of halogens is 1. The predicted molar refractivity (Wildman–Crippen MR) is 86.9 cm³/mol. The molecule has 0 saturated carbocycles. The summed E-state index contributed by atoms with van der Waals surface area (Å²) >= 11 is 0. The maximum absolute atomic E-state index is 13.2. The first-order valence-corrected chi connectivity index (χ1v) is 7.46. The summed E-state index contributed by atoms with van der Waals surface area (Å²) in [6, 6.07) is 13.6. The van der Waals surface area contributed by atoms with E-state index in [1.54, 1.807) is 24.1 Å². The minimum atomic E-state index is -0.310. The van der Waals surface area contributed by atoms with Crippen molar-refractivity contribution in [3.63, 3.8) is 0 Å². The van der Waals surface area contributed by atoms with E-state index in [0.29, 0.717) is 6.42 Å². The monoisotopic (exact) mass is 312 g/mol. The van der Waals surface area contributed by atoms with Crippen LogP contribution in [0.2, 0.25) is 0 Å². The third kappa shape index (κ3) is 3.08. The molecule has 0 N–H and O–H groups in total. The van der Waals surface area contributed by atoms with Crippen molar-refractivity contribution in [1.82, 2.24) is 0 Å². The van der Waals surface area contributed by atoms with Crippen LogP contribution in [-0.2, 0) is 16.0 Å². The Labute approximate surface area is 134 Å². The largest absolute Gasteiger partial charge is 0.312 e. The molecule has 2 aromatic rings. The highest BCUT2D eigenvalue weighted by molar-refractivity contribution is 6.10. The van der Waals surface area contributed by atoms with Gasteiger partial charge < -0.3 is 9.80 Å². The molecule has 0 saturated heterocycles. The van der Waals surface area contributed by atoms with Crippen molar-refractivity contribution >= 4 is 23.2 Å². The number of fused-ring (bicyclic) bond motifs is 1. The van der Waals surface area contributed by atoms with E-state index in [1.807, 2.05) is 24.3 Å². The number of amides is 2. The summed E-state index contributed by atoms with van der Waals surface area (Å²) in [6.45, 7) is 0.0372. The lowest BCUT2D eigenvalue weighted by Crippen LogP contribution is -2.46. The Hall–Kier alpha value is -2.69. The molecule has 23 heavy (non-hydrogen) atoms. The Kier molecular flexibility index (Phi) is 4.10. The van der Waals surface area contributed by atoms with E-state index in [4.69, 9.17) is 0 Å². The molecule has 0 spiro atoms. The zero-order chi connectivity index (χ0) is 16.4. The van der Waals surface area contributed by atoms with Crippen LogP contribution < -0.4 is 9.80 Å². The highest BCUT2D eigenvalue weighted by Gasteiger charge is 2.29. The quantitative estimate of drug-likeness (QED) is 0.874. The first-order valence-electron chi connectivity index (χ1n) is 7.46. The smallest absolute Gasteiger partial charge is 0.246 e. The van der Waals surface area contributed by atoms with E-state index in [2.05, 4.69) is 0 Å². The number of hydrogen-bond acceptors (Lipinski definition) is 2. The van der Waals surface area contributed by atoms with Crippen molar-refractivity contribution < 1.29 is 14.0 Å². The molecule has 2 aromatic carbocycles. The topological polar surface area (TPSA) is 40.6 Å². The van der Waals surface area contributed by atoms with Gasteiger partial charge in [-0.3, -0.25) is 9.59 Å². The second kappa shape index (κ2) is 6.20. The molecule has 0 unspecified atom stereocenters.